The van der Waals surface area contributed by atoms with Crippen LogP contribution in [0.25, 0.3) is 0 Å². The molecule has 0 amide bonds. The van der Waals surface area contributed by atoms with E-state index < -0.39 is 13.4 Å². The van der Waals surface area contributed by atoms with E-state index >= 15 is 0 Å². The van der Waals surface area contributed by atoms with E-state index in [0.717, 1.165) is 0 Å². The highest BCUT2D eigenvalue weighted by Gasteiger charge is 2.25. The molecule has 0 unspecified atom stereocenters. The van der Waals surface area contributed by atoms with Crippen molar-refractivity contribution in [2.24, 2.45) is 5.73 Å². The van der Waals surface area contributed by atoms with E-state index in [1.807, 2.05) is 0 Å². The van der Waals surface area contributed by atoms with Crippen molar-refractivity contribution in [3.63, 3.8) is 0 Å². The van der Waals surface area contributed by atoms with Gasteiger partial charge in [-0.25, -0.2) is 0 Å². The maximum absolute atomic E-state index is 10.8. The van der Waals surface area contributed by atoms with Gasteiger partial charge in [0.1, 0.15) is 5.78 Å². The van der Waals surface area contributed by atoms with Crippen molar-refractivity contribution in [1.29, 1.82) is 0 Å². The van der Waals surface area contributed by atoms with Crippen LogP contribution in [0.3, 0.4) is 0 Å². The van der Waals surface area contributed by atoms with E-state index in [-0.39, 0.29) is 0 Å². The first-order chi connectivity index (χ1) is 5.91. The number of rotatable bonds is 2. The Balaban J connectivity index is 2.97. The molecule has 13 heavy (non-hydrogen) atoms. The van der Waals surface area contributed by atoms with Crippen molar-refractivity contribution < 1.29 is 14.4 Å². The molecule has 0 aliphatic carbocycles. The van der Waals surface area contributed by atoms with Crippen LogP contribution < -0.4 is 11.5 Å². The molecule has 0 bridgehead atoms. The van der Waals surface area contributed by atoms with Crippen molar-refractivity contribution in [3.8, 4) is 0 Å². The summed E-state index contributed by atoms with van der Waals surface area (Å²) >= 11 is 0. The SMILES string of the molecule is Nc1ccc([C@@H](N)P(=O)(O)O)cc1. The van der Waals surface area contributed by atoms with Gasteiger partial charge >= 0.3 is 7.60 Å². The van der Waals surface area contributed by atoms with Crippen molar-refractivity contribution in [1.82, 2.24) is 0 Å². The lowest BCUT2D eigenvalue weighted by molar-refractivity contribution is 0.359. The Morgan fingerprint density at radius 2 is 1.69 bits per heavy atom. The molecule has 1 aromatic rings. The van der Waals surface area contributed by atoms with Gasteiger partial charge < -0.3 is 21.3 Å². The molecule has 0 aliphatic heterocycles. The number of hydrogen-bond acceptors (Lipinski definition) is 3. The molecule has 0 fully saturated rings. The minimum Gasteiger partial charge on any atom is -0.399 e. The molecule has 72 valence electrons. The number of nitrogens with two attached hydrogens (primary N) is 2. The van der Waals surface area contributed by atoms with Gasteiger partial charge in [-0.3, -0.25) is 4.57 Å². The summed E-state index contributed by atoms with van der Waals surface area (Å²) in [5, 5.41) is 0. The van der Waals surface area contributed by atoms with E-state index in [9.17, 15) is 4.57 Å². The van der Waals surface area contributed by atoms with Gasteiger partial charge in [0.15, 0.2) is 0 Å². The van der Waals surface area contributed by atoms with Gasteiger partial charge in [0.05, 0.1) is 0 Å². The van der Waals surface area contributed by atoms with Crippen LogP contribution in [0.15, 0.2) is 24.3 Å². The number of hydrogen-bond donors (Lipinski definition) is 4. The number of nitrogen functional groups attached to an aromatic ring is 1. The summed E-state index contributed by atoms with van der Waals surface area (Å²) in [7, 11) is -4.26. The van der Waals surface area contributed by atoms with Gasteiger partial charge in [-0.1, -0.05) is 12.1 Å². The zero-order valence-corrected chi connectivity index (χ0v) is 7.69. The lowest BCUT2D eigenvalue weighted by Gasteiger charge is -2.13. The Labute approximate surface area is 75.5 Å². The second-order valence-electron chi connectivity index (χ2n) is 2.70. The Morgan fingerprint density at radius 1 is 1.23 bits per heavy atom. The average molecular weight is 202 g/mol. The zero-order valence-electron chi connectivity index (χ0n) is 6.79. The van der Waals surface area contributed by atoms with Gasteiger partial charge in [0.2, 0.25) is 0 Å². The van der Waals surface area contributed by atoms with Crippen molar-refractivity contribution in [2.75, 3.05) is 5.73 Å². The van der Waals surface area contributed by atoms with Crippen LogP contribution in [0, 0.1) is 0 Å². The first-order valence-corrected chi connectivity index (χ1v) is 5.25. The third-order valence-corrected chi connectivity index (χ3v) is 2.66. The summed E-state index contributed by atoms with van der Waals surface area (Å²) in [6.07, 6.45) is 0. The van der Waals surface area contributed by atoms with Gasteiger partial charge in [-0.2, -0.15) is 0 Å². The third kappa shape index (κ3) is 2.54. The maximum atomic E-state index is 10.8. The Bertz CT molecular complexity index is 332. The highest BCUT2D eigenvalue weighted by atomic mass is 31.2. The standard InChI is InChI=1S/C7H11N2O3P/c8-6-3-1-5(2-4-6)7(9)13(10,11)12/h1-4,7H,8-9H2,(H2,10,11,12)/t7-/m0/s1. The van der Waals surface area contributed by atoms with Gasteiger partial charge in [-0.15, -0.1) is 0 Å². The fourth-order valence-corrected chi connectivity index (χ4v) is 1.45. The second-order valence-corrected chi connectivity index (χ2v) is 4.44. The molecule has 0 saturated heterocycles. The van der Waals surface area contributed by atoms with Crippen molar-refractivity contribution in [3.05, 3.63) is 29.8 Å². The van der Waals surface area contributed by atoms with Crippen LogP contribution in [0.4, 0.5) is 5.69 Å². The van der Waals surface area contributed by atoms with Crippen LogP contribution in [0.2, 0.25) is 0 Å². The first kappa shape index (κ1) is 10.2. The van der Waals surface area contributed by atoms with Crippen LogP contribution in [0.1, 0.15) is 11.3 Å². The third-order valence-electron chi connectivity index (χ3n) is 1.64. The van der Waals surface area contributed by atoms with E-state index in [2.05, 4.69) is 0 Å². The summed E-state index contributed by atoms with van der Waals surface area (Å²) < 4.78 is 10.8. The quantitative estimate of drug-likeness (QED) is 0.410. The van der Waals surface area contributed by atoms with E-state index in [4.69, 9.17) is 21.3 Å². The molecule has 0 aromatic heterocycles. The fourth-order valence-electron chi connectivity index (χ4n) is 0.887. The highest BCUT2D eigenvalue weighted by molar-refractivity contribution is 7.52. The van der Waals surface area contributed by atoms with Crippen molar-refractivity contribution in [2.45, 2.75) is 5.78 Å². The molecule has 0 saturated carbocycles. The lowest BCUT2D eigenvalue weighted by atomic mass is 10.2. The molecule has 1 rings (SSSR count). The van der Waals surface area contributed by atoms with Crippen molar-refractivity contribution >= 4 is 13.3 Å². The molecule has 1 atom stereocenters. The maximum Gasteiger partial charge on any atom is 0.346 e. The van der Waals surface area contributed by atoms with Gasteiger partial charge in [0, 0.05) is 5.69 Å². The number of anilines is 1. The van der Waals surface area contributed by atoms with Crippen LogP contribution in [-0.4, -0.2) is 9.79 Å². The minimum absolute atomic E-state index is 0.377. The molecule has 0 radical (unpaired) electrons. The van der Waals surface area contributed by atoms with E-state index in [1.54, 1.807) is 12.1 Å². The van der Waals surface area contributed by atoms with Crippen LogP contribution in [0.5, 0.6) is 0 Å². The van der Waals surface area contributed by atoms with Gasteiger partial charge in [-0.05, 0) is 17.7 Å². The van der Waals surface area contributed by atoms with E-state index in [0.29, 0.717) is 11.3 Å². The first-order valence-electron chi connectivity index (χ1n) is 3.57. The molecule has 0 aliphatic rings. The van der Waals surface area contributed by atoms with Gasteiger partial charge in [0.25, 0.3) is 0 Å². The summed E-state index contributed by atoms with van der Waals surface area (Å²) in [5.74, 6) is -1.27. The molecule has 6 N–H and O–H groups in total. The van der Waals surface area contributed by atoms with E-state index in [1.165, 1.54) is 12.1 Å². The molecular weight excluding hydrogens is 191 g/mol. The topological polar surface area (TPSA) is 110 Å². The second kappa shape index (κ2) is 3.47. The summed E-state index contributed by atoms with van der Waals surface area (Å²) in [6.45, 7) is 0. The van der Waals surface area contributed by atoms with Crippen LogP contribution >= 0.6 is 7.60 Å². The molecule has 0 spiro atoms. The monoisotopic (exact) mass is 202 g/mol. The smallest absolute Gasteiger partial charge is 0.346 e. The normalized spacial score (nSPS) is 14.1. The zero-order chi connectivity index (χ0) is 10.1. The Hall–Kier alpha value is -0.870. The summed E-state index contributed by atoms with van der Waals surface area (Å²) in [5.41, 5.74) is 11.6. The Morgan fingerprint density at radius 3 is 2.08 bits per heavy atom. The summed E-state index contributed by atoms with van der Waals surface area (Å²) in [4.78, 5) is 17.5. The lowest BCUT2D eigenvalue weighted by Crippen LogP contribution is -2.10. The average Bonchev–Trinajstić information content (AvgIpc) is 2.03. The predicted molar refractivity (Wildman–Crippen MR) is 49.8 cm³/mol. The Kier molecular flexibility index (Phi) is 2.73. The van der Waals surface area contributed by atoms with Crippen LogP contribution in [-0.2, 0) is 4.57 Å². The predicted octanol–water partition coefficient (Wildman–Crippen LogP) is 0.404. The fraction of sp³-hybridized carbons (Fsp3) is 0.143. The molecule has 0 heterocycles. The minimum atomic E-state index is -4.26. The summed E-state index contributed by atoms with van der Waals surface area (Å²) in [6, 6.07) is 6.09. The highest BCUT2D eigenvalue weighted by Crippen LogP contribution is 2.47. The molecule has 6 heteroatoms. The molecule has 1 aromatic carbocycles. The molecule has 5 nitrogen and oxygen atoms in total. The largest absolute Gasteiger partial charge is 0.399 e. The molecular formula is C7H11N2O3P. The number of benzene rings is 1.